The maximum absolute atomic E-state index is 14.3. The average Bonchev–Trinajstić information content (AvgIpc) is 2.01. The summed E-state index contributed by atoms with van der Waals surface area (Å²) in [6.45, 7) is 32.0. The number of allylic oxidation sites excluding steroid dienone is 7. The Labute approximate surface area is 501 Å². The smallest absolute Gasteiger partial charge is 0.311 e. The summed E-state index contributed by atoms with van der Waals surface area (Å²) in [5.74, 6) is 4.48. The van der Waals surface area contributed by atoms with Crippen LogP contribution in [0.3, 0.4) is 0 Å². The third-order valence-electron chi connectivity index (χ3n) is 23.6. The molecule has 10 nitrogen and oxygen atoms in total. The number of hydrogen-bond acceptors (Lipinski definition) is 7. The molecule has 5 aliphatic carbocycles. The van der Waals surface area contributed by atoms with Crippen LogP contribution in [0, 0.1) is 62.6 Å². The molecule has 4 saturated carbocycles. The predicted octanol–water partition coefficient (Wildman–Crippen LogP) is 15.7. The number of methoxy groups -OCH3 is 1. The number of nitrogens with zero attached hydrogens (tertiary/aromatic N) is 3. The van der Waals surface area contributed by atoms with E-state index in [1.54, 1.807) is 18.5 Å². The summed E-state index contributed by atoms with van der Waals surface area (Å²) < 4.78 is 21.0. The molecule has 2 aliphatic heterocycles. The number of likely N-dealkylation sites (tertiary alicyclic amines) is 1. The molecule has 0 bridgehead atoms. The Morgan fingerprint density at radius 2 is 1.29 bits per heavy atom. The minimum Gasteiger partial charge on any atom is -0.465 e. The fourth-order valence-electron chi connectivity index (χ4n) is 17.7. The lowest BCUT2D eigenvalue weighted by Crippen LogP contribution is -2.46. The first-order chi connectivity index (χ1) is 39.0. The minimum absolute atomic E-state index is 0.0833. The fourth-order valence-corrected chi connectivity index (χ4v) is 17.7. The first-order valence-electron chi connectivity index (χ1n) is 34.2. The second-order valence-corrected chi connectivity index (χ2v) is 30.1. The van der Waals surface area contributed by atoms with Crippen LogP contribution in [-0.2, 0) is 28.6 Å². The zero-order chi connectivity index (χ0) is 59.7. The van der Waals surface area contributed by atoms with Gasteiger partial charge in [0.05, 0.1) is 43.5 Å². The van der Waals surface area contributed by atoms with E-state index in [4.69, 9.17) is 14.2 Å². The Hall–Kier alpha value is -3.24. The molecular weight excluding hydrogens is 1020 g/mol. The molecule has 1 saturated heterocycles. The van der Waals surface area contributed by atoms with Gasteiger partial charge in [0.25, 0.3) is 0 Å². The number of carbonyl (C=O) groups excluding carboxylic acids is 3. The lowest BCUT2D eigenvalue weighted by Gasteiger charge is -2.47. The summed E-state index contributed by atoms with van der Waals surface area (Å²) >= 11 is 0. The highest BCUT2D eigenvalue weighted by molar-refractivity contribution is 5.97. The molecule has 5 fully saturated rings. The van der Waals surface area contributed by atoms with Gasteiger partial charge in [-0.15, -0.1) is 0 Å². The number of quaternary nitrogens is 1. The number of hydrogen-bond donors (Lipinski definition) is 1. The number of rotatable bonds is 29. The van der Waals surface area contributed by atoms with Crippen LogP contribution in [0.5, 0.6) is 0 Å². The minimum atomic E-state index is -0.870. The number of nitrogens with one attached hydrogen (secondary N) is 1. The van der Waals surface area contributed by atoms with Crippen LogP contribution >= 0.6 is 0 Å². The van der Waals surface area contributed by atoms with Gasteiger partial charge >= 0.3 is 11.9 Å². The van der Waals surface area contributed by atoms with E-state index >= 15 is 0 Å². The van der Waals surface area contributed by atoms with E-state index < -0.39 is 16.2 Å². The van der Waals surface area contributed by atoms with Crippen molar-refractivity contribution in [3.8, 4) is 0 Å². The van der Waals surface area contributed by atoms with Crippen LogP contribution in [0.2, 0.25) is 0 Å². The quantitative estimate of drug-likeness (QED) is 0.0262. The Bertz CT molecular complexity index is 2340. The normalized spacial score (nSPS) is 30.2. The highest BCUT2D eigenvalue weighted by Gasteiger charge is 2.60. The van der Waals surface area contributed by atoms with E-state index in [0.29, 0.717) is 70.4 Å². The topological polar surface area (TPSA) is 97.2 Å². The molecule has 10 heteroatoms. The number of carbonyl (C=O) groups is 3. The van der Waals surface area contributed by atoms with Gasteiger partial charge in [0.15, 0.2) is 11.8 Å². The SMILES string of the molecule is CCCCOC(=O)C(C)(CCC(C)(CC)C(=O)NCOC)CCC(C)(CC)C(=O)OCC[N+](C)(C)CCC1=C(/C=C/C2=[N+](CCC)C3CCC4CCCCC4C3C2(C)C)CC/C1=C\C=C1\N(CCC)C2CCC3CCCCC3C2C1(C)C. The van der Waals surface area contributed by atoms with E-state index in [1.807, 2.05) is 27.7 Å². The number of likely N-dealkylation sites (N-methyl/N-ethyl adjacent to an activating group) is 1. The highest BCUT2D eigenvalue weighted by atomic mass is 16.5. The van der Waals surface area contributed by atoms with Gasteiger partial charge in [-0.3, -0.25) is 14.4 Å². The molecule has 464 valence electrons. The fraction of sp³-hybridized carbons (Fsp3) is 0.833. The van der Waals surface area contributed by atoms with Gasteiger partial charge in [-0.25, -0.2) is 4.58 Å². The summed E-state index contributed by atoms with van der Waals surface area (Å²) in [6, 6.07) is 1.33. The van der Waals surface area contributed by atoms with Crippen molar-refractivity contribution in [2.75, 3.05) is 67.3 Å². The van der Waals surface area contributed by atoms with Gasteiger partial charge in [0.1, 0.15) is 26.4 Å². The van der Waals surface area contributed by atoms with Crippen LogP contribution < -0.4 is 5.32 Å². The molecule has 1 N–H and O–H groups in total. The van der Waals surface area contributed by atoms with Gasteiger partial charge in [-0.1, -0.05) is 112 Å². The molecule has 0 aromatic carbocycles. The third kappa shape index (κ3) is 14.6. The van der Waals surface area contributed by atoms with Crippen molar-refractivity contribution < 1.29 is 37.7 Å². The molecule has 7 aliphatic rings. The van der Waals surface area contributed by atoms with Gasteiger partial charge < -0.3 is 28.9 Å². The van der Waals surface area contributed by atoms with Crippen molar-refractivity contribution in [3.63, 3.8) is 0 Å². The average molecular weight is 1140 g/mol. The molecule has 0 radical (unpaired) electrons. The number of fused-ring (bicyclic) bond motifs is 6. The van der Waals surface area contributed by atoms with Crippen LogP contribution in [-0.4, -0.2) is 117 Å². The molecule has 2 heterocycles. The van der Waals surface area contributed by atoms with Crippen molar-refractivity contribution >= 4 is 23.6 Å². The third-order valence-corrected chi connectivity index (χ3v) is 23.6. The van der Waals surface area contributed by atoms with Crippen LogP contribution in [0.15, 0.2) is 46.7 Å². The molecular formula is C72H122N4O6+2. The molecule has 82 heavy (non-hydrogen) atoms. The molecule has 0 aromatic rings. The Morgan fingerprint density at radius 1 is 0.683 bits per heavy atom. The first kappa shape index (κ1) is 66.3. The predicted molar refractivity (Wildman–Crippen MR) is 337 cm³/mol. The van der Waals surface area contributed by atoms with Gasteiger partial charge in [-0.2, -0.15) is 0 Å². The summed E-state index contributed by atoms with van der Waals surface area (Å²) in [5, 5.41) is 2.89. The summed E-state index contributed by atoms with van der Waals surface area (Å²) in [4.78, 5) is 44.5. The summed E-state index contributed by atoms with van der Waals surface area (Å²) in [7, 11) is 6.18. The van der Waals surface area contributed by atoms with Gasteiger partial charge in [-0.05, 0) is 176 Å². The van der Waals surface area contributed by atoms with Crippen molar-refractivity contribution in [2.24, 2.45) is 62.6 Å². The molecule has 7 rings (SSSR count). The van der Waals surface area contributed by atoms with Gasteiger partial charge in [0.2, 0.25) is 5.91 Å². The van der Waals surface area contributed by atoms with E-state index in [2.05, 4.69) is 109 Å². The standard InChI is InChI=1S/C72H121N4O6/c1-16-21-49-81-67(79)72(12,43-41-70(10,19-4)65(77)73-51-80-15)44-42-71(11,20-5)66(78)82-50-48-76(13,14)47-40-56-54(34-38-61-68(6,7)63-57-28-24-22-26-52(57)32-36-59(63)74(61)45-17-2)30-31-55(56)35-39-62-69(8,9)64-58-29-25-23-27-53(58)33-37-60(64)75(62)46-18-3/h34-35,38-39,52-53,57-60,63-64H,16-33,36-37,40-51H2,1-15H3/q+1/p+1. The summed E-state index contributed by atoms with van der Waals surface area (Å²) in [6.07, 6.45) is 37.7. The Morgan fingerprint density at radius 3 is 1.93 bits per heavy atom. The summed E-state index contributed by atoms with van der Waals surface area (Å²) in [5.41, 5.74) is 5.72. The Balaban J connectivity index is 1.11. The second kappa shape index (κ2) is 28.5. The van der Waals surface area contributed by atoms with E-state index in [0.717, 1.165) is 91.7 Å². The Kier molecular flexibility index (Phi) is 23.1. The second-order valence-electron chi connectivity index (χ2n) is 30.1. The highest BCUT2D eigenvalue weighted by Crippen LogP contribution is 2.60. The van der Waals surface area contributed by atoms with Crippen LogP contribution in [0.4, 0.5) is 0 Å². The van der Waals surface area contributed by atoms with E-state index in [-0.39, 0.29) is 35.4 Å². The number of ether oxygens (including phenoxy) is 3. The first-order valence-corrected chi connectivity index (χ1v) is 34.2. The zero-order valence-corrected chi connectivity index (χ0v) is 55.3. The monoisotopic (exact) mass is 1140 g/mol. The maximum atomic E-state index is 14.3. The molecule has 11 atom stereocenters. The van der Waals surface area contributed by atoms with Crippen LogP contribution in [0.25, 0.3) is 0 Å². The van der Waals surface area contributed by atoms with Gasteiger partial charge in [0, 0.05) is 67.5 Å². The lowest BCUT2D eigenvalue weighted by atomic mass is 9.57. The molecule has 0 spiro atoms. The maximum Gasteiger partial charge on any atom is 0.311 e. The zero-order valence-electron chi connectivity index (χ0n) is 55.3. The van der Waals surface area contributed by atoms with E-state index in [1.165, 1.54) is 107 Å². The van der Waals surface area contributed by atoms with Crippen LogP contribution in [0.1, 0.15) is 244 Å². The number of amides is 1. The lowest BCUT2D eigenvalue weighted by molar-refractivity contribution is -0.890. The van der Waals surface area contributed by atoms with E-state index in [9.17, 15) is 14.4 Å². The molecule has 0 aromatic heterocycles. The number of unbranched alkanes of at least 4 members (excludes halogenated alkanes) is 1. The van der Waals surface area contributed by atoms with Crippen molar-refractivity contribution in [1.82, 2.24) is 10.2 Å². The largest absolute Gasteiger partial charge is 0.465 e. The molecule has 1 amide bonds. The number of esters is 2. The van der Waals surface area contributed by atoms with Crippen molar-refractivity contribution in [3.05, 3.63) is 46.7 Å². The van der Waals surface area contributed by atoms with Crippen molar-refractivity contribution in [1.29, 1.82) is 0 Å². The van der Waals surface area contributed by atoms with Crippen molar-refractivity contribution in [2.45, 2.75) is 256 Å². The molecule has 11 unspecified atom stereocenters.